The Balaban J connectivity index is 1.74. The molecule has 0 amide bonds. The lowest BCUT2D eigenvalue weighted by molar-refractivity contribution is 0.0897. The second-order valence-electron chi connectivity index (χ2n) is 12.0. The highest BCUT2D eigenvalue weighted by atomic mass is 28.4. The third-order valence-corrected chi connectivity index (χ3v) is 12.5. The zero-order valence-electron chi connectivity index (χ0n) is 25.1. The first-order chi connectivity index (χ1) is 18.9. The summed E-state index contributed by atoms with van der Waals surface area (Å²) in [6, 6.07) is 22.0. The minimum atomic E-state index is -2.07. The number of methoxy groups -OCH3 is 1. The molecule has 0 aliphatic heterocycles. The van der Waals surface area contributed by atoms with Crippen molar-refractivity contribution in [2.75, 3.05) is 7.11 Å². The Morgan fingerprint density at radius 1 is 0.950 bits per heavy atom. The van der Waals surface area contributed by atoms with Crippen molar-refractivity contribution in [3.05, 3.63) is 95.3 Å². The van der Waals surface area contributed by atoms with Crippen LogP contribution in [0.5, 0.6) is 11.5 Å². The molecule has 6 heteroatoms. The van der Waals surface area contributed by atoms with Crippen molar-refractivity contribution in [2.45, 2.75) is 84.2 Å². The highest BCUT2D eigenvalue weighted by Gasteiger charge is 2.39. The summed E-state index contributed by atoms with van der Waals surface area (Å²) in [7, 11) is -0.460. The summed E-state index contributed by atoms with van der Waals surface area (Å²) in [6.07, 6.45) is 2.91. The minimum absolute atomic E-state index is 0.0533. The summed E-state index contributed by atoms with van der Waals surface area (Å²) in [6.45, 7) is 13.6. The number of hydrogen-bond acceptors (Lipinski definition) is 4. The number of carbonyl (C=O) groups is 1. The molecular weight excluding hydrogens is 519 g/mol. The topological polar surface area (TPSA) is 44.8 Å². The van der Waals surface area contributed by atoms with E-state index in [0.29, 0.717) is 23.7 Å². The standard InChI is InChI=1S/C34H45FO4Si/c1-8-26(15-12-16-31(27-17-19-28(35)20-18-27)39-40(6,7)34(2,3)4)33(36)30-22-21-29(37-5)23-32(30)38-24-25-13-10-9-11-14-25/h9-11,13-14,17-23,26,31H,8,12,15-16,24H2,1-7H3/t26?,31-/m1/s1. The van der Waals surface area contributed by atoms with Gasteiger partial charge in [-0.25, -0.2) is 4.39 Å². The summed E-state index contributed by atoms with van der Waals surface area (Å²) in [5, 5.41) is 0.0533. The second kappa shape index (κ2) is 14.1. The summed E-state index contributed by atoms with van der Waals surface area (Å²) in [4.78, 5) is 13.8. The van der Waals surface area contributed by atoms with E-state index in [1.165, 1.54) is 12.1 Å². The number of hydrogen-bond donors (Lipinski definition) is 0. The average Bonchev–Trinajstić information content (AvgIpc) is 2.93. The molecular formula is C34H45FO4Si. The molecule has 0 spiro atoms. The van der Waals surface area contributed by atoms with E-state index in [0.717, 1.165) is 36.8 Å². The highest BCUT2D eigenvalue weighted by Crippen LogP contribution is 2.41. The quantitative estimate of drug-likeness (QED) is 0.144. The molecule has 0 saturated heterocycles. The van der Waals surface area contributed by atoms with Crippen molar-refractivity contribution in [3.8, 4) is 11.5 Å². The van der Waals surface area contributed by atoms with Gasteiger partial charge in [-0.3, -0.25) is 4.79 Å². The van der Waals surface area contributed by atoms with E-state index in [1.54, 1.807) is 13.2 Å². The molecule has 3 aromatic rings. The van der Waals surface area contributed by atoms with E-state index in [2.05, 4.69) is 40.8 Å². The number of benzene rings is 3. The smallest absolute Gasteiger partial charge is 0.192 e. The number of carbonyl (C=O) groups excluding carboxylic acids is 1. The maximum absolute atomic E-state index is 13.8. The normalized spacial score (nSPS) is 13.5. The molecule has 3 aromatic carbocycles. The van der Waals surface area contributed by atoms with E-state index in [-0.39, 0.29) is 28.7 Å². The van der Waals surface area contributed by atoms with Crippen LogP contribution in [0.4, 0.5) is 4.39 Å². The van der Waals surface area contributed by atoms with Gasteiger partial charge in [0.2, 0.25) is 0 Å². The molecule has 0 fully saturated rings. The monoisotopic (exact) mass is 564 g/mol. The fraction of sp³-hybridized carbons (Fsp3) is 0.441. The molecule has 0 saturated carbocycles. The summed E-state index contributed by atoms with van der Waals surface area (Å²) in [5.74, 6) is 0.872. The number of ketones is 1. The van der Waals surface area contributed by atoms with Crippen LogP contribution < -0.4 is 9.47 Å². The van der Waals surface area contributed by atoms with E-state index in [4.69, 9.17) is 13.9 Å². The molecule has 4 nitrogen and oxygen atoms in total. The fourth-order valence-electron chi connectivity index (χ4n) is 4.48. The van der Waals surface area contributed by atoms with Gasteiger partial charge in [0.15, 0.2) is 14.1 Å². The molecule has 216 valence electrons. The molecule has 0 N–H and O–H groups in total. The minimum Gasteiger partial charge on any atom is -0.497 e. The van der Waals surface area contributed by atoms with Gasteiger partial charge in [0, 0.05) is 12.0 Å². The number of Topliss-reactive ketones (excluding diaryl/α,β-unsaturated/α-hetero) is 1. The van der Waals surface area contributed by atoms with Gasteiger partial charge in [-0.15, -0.1) is 0 Å². The number of ether oxygens (including phenoxy) is 2. The van der Waals surface area contributed by atoms with Gasteiger partial charge >= 0.3 is 0 Å². The molecule has 0 bridgehead atoms. The van der Waals surface area contributed by atoms with Crippen molar-refractivity contribution in [1.82, 2.24) is 0 Å². The van der Waals surface area contributed by atoms with Crippen LogP contribution in [0.2, 0.25) is 18.1 Å². The van der Waals surface area contributed by atoms with Crippen molar-refractivity contribution >= 4 is 14.1 Å². The Bertz CT molecular complexity index is 1220. The Hall–Kier alpha value is -2.96. The fourth-order valence-corrected chi connectivity index (χ4v) is 5.80. The van der Waals surface area contributed by atoms with E-state index in [9.17, 15) is 9.18 Å². The Morgan fingerprint density at radius 3 is 2.23 bits per heavy atom. The first-order valence-electron chi connectivity index (χ1n) is 14.3. The highest BCUT2D eigenvalue weighted by molar-refractivity contribution is 6.74. The van der Waals surface area contributed by atoms with Crippen LogP contribution >= 0.6 is 0 Å². The van der Waals surface area contributed by atoms with Gasteiger partial charge in [-0.2, -0.15) is 0 Å². The largest absolute Gasteiger partial charge is 0.497 e. The zero-order chi connectivity index (χ0) is 29.3. The second-order valence-corrected chi connectivity index (χ2v) is 16.7. The van der Waals surface area contributed by atoms with Gasteiger partial charge in [-0.1, -0.05) is 70.2 Å². The predicted molar refractivity (Wildman–Crippen MR) is 163 cm³/mol. The third kappa shape index (κ3) is 8.52. The SMILES string of the molecule is CCC(CCC[C@@H](O[Si](C)(C)C(C)(C)C)c1ccc(F)cc1)C(=O)c1ccc(OC)cc1OCc1ccccc1. The molecule has 0 aliphatic carbocycles. The molecule has 1 unspecified atom stereocenters. The van der Waals surface area contributed by atoms with E-state index >= 15 is 0 Å². The van der Waals surface area contributed by atoms with Crippen LogP contribution in [0, 0.1) is 11.7 Å². The van der Waals surface area contributed by atoms with Crippen molar-refractivity contribution < 1.29 is 23.1 Å². The molecule has 3 rings (SSSR count). The van der Waals surface area contributed by atoms with Crippen LogP contribution in [0.1, 0.15) is 81.0 Å². The van der Waals surface area contributed by atoms with Crippen LogP contribution in [0.25, 0.3) is 0 Å². The van der Waals surface area contributed by atoms with Gasteiger partial charge in [0.25, 0.3) is 0 Å². The van der Waals surface area contributed by atoms with Gasteiger partial charge in [0.1, 0.15) is 23.9 Å². The summed E-state index contributed by atoms with van der Waals surface area (Å²) >= 11 is 0. The van der Waals surface area contributed by atoms with E-state index in [1.807, 2.05) is 54.6 Å². The lowest BCUT2D eigenvalue weighted by atomic mass is 9.89. The maximum atomic E-state index is 13.8. The molecule has 2 atom stereocenters. The predicted octanol–water partition coefficient (Wildman–Crippen LogP) is 9.56. The lowest BCUT2D eigenvalue weighted by Crippen LogP contribution is -2.41. The Kier molecular flexibility index (Phi) is 11.1. The van der Waals surface area contributed by atoms with Gasteiger partial charge in [-0.05, 0) is 79.2 Å². The molecule has 0 aliphatic rings. The van der Waals surface area contributed by atoms with Crippen molar-refractivity contribution in [1.29, 1.82) is 0 Å². The Labute approximate surface area is 241 Å². The zero-order valence-corrected chi connectivity index (χ0v) is 26.1. The third-order valence-electron chi connectivity index (χ3n) is 8.06. The molecule has 0 radical (unpaired) electrons. The van der Waals surface area contributed by atoms with Gasteiger partial charge in [0.05, 0.1) is 18.8 Å². The molecule has 0 heterocycles. The first kappa shape index (κ1) is 31.6. The van der Waals surface area contributed by atoms with Gasteiger partial charge < -0.3 is 13.9 Å². The maximum Gasteiger partial charge on any atom is 0.192 e. The lowest BCUT2D eigenvalue weighted by Gasteiger charge is -2.39. The van der Waals surface area contributed by atoms with Crippen LogP contribution in [0.3, 0.4) is 0 Å². The molecule has 0 aromatic heterocycles. The van der Waals surface area contributed by atoms with Crippen molar-refractivity contribution in [3.63, 3.8) is 0 Å². The first-order valence-corrected chi connectivity index (χ1v) is 17.2. The van der Waals surface area contributed by atoms with Crippen LogP contribution in [-0.4, -0.2) is 21.2 Å². The molecule has 40 heavy (non-hydrogen) atoms. The van der Waals surface area contributed by atoms with E-state index < -0.39 is 8.32 Å². The van der Waals surface area contributed by atoms with Crippen LogP contribution in [0.15, 0.2) is 72.8 Å². The number of rotatable bonds is 14. The average molecular weight is 565 g/mol. The van der Waals surface area contributed by atoms with Crippen LogP contribution in [-0.2, 0) is 11.0 Å². The Morgan fingerprint density at radius 2 is 1.62 bits per heavy atom. The van der Waals surface area contributed by atoms with Crippen molar-refractivity contribution in [2.24, 2.45) is 5.92 Å². The number of halogens is 1. The summed E-state index contributed by atoms with van der Waals surface area (Å²) in [5.41, 5.74) is 2.60. The summed E-state index contributed by atoms with van der Waals surface area (Å²) < 4.78 is 32.0.